The predicted octanol–water partition coefficient (Wildman–Crippen LogP) is 1.69. The molecule has 1 atom stereocenters. The molecule has 2 aliphatic rings. The summed E-state index contributed by atoms with van der Waals surface area (Å²) in [5.74, 6) is 1.33. The third-order valence-corrected chi connectivity index (χ3v) is 4.69. The number of carbonyl (C=O) groups excluding carboxylic acids is 1. The van der Waals surface area contributed by atoms with Crippen LogP contribution in [0.15, 0.2) is 22.8 Å². The molecule has 1 aliphatic carbocycles. The zero-order chi connectivity index (χ0) is 14.5. The Labute approximate surface area is 125 Å². The molecule has 21 heavy (non-hydrogen) atoms. The third kappa shape index (κ3) is 3.66. The number of rotatable bonds is 7. The van der Waals surface area contributed by atoms with Gasteiger partial charge in [-0.15, -0.1) is 0 Å². The lowest BCUT2D eigenvalue weighted by atomic mass is 9.92. The van der Waals surface area contributed by atoms with Crippen LogP contribution in [0, 0.1) is 11.3 Å². The SMILES string of the molecule is O=C(NCCCOCc1ccco1)C1CC12CCNCC2. The lowest BCUT2D eigenvalue weighted by Gasteiger charge is -2.23. The van der Waals surface area contributed by atoms with Crippen molar-refractivity contribution in [2.45, 2.75) is 32.3 Å². The minimum Gasteiger partial charge on any atom is -0.467 e. The first-order chi connectivity index (χ1) is 10.3. The lowest BCUT2D eigenvalue weighted by Crippen LogP contribution is -2.34. The quantitative estimate of drug-likeness (QED) is 0.751. The van der Waals surface area contributed by atoms with Crippen LogP contribution < -0.4 is 10.6 Å². The second-order valence-corrected chi connectivity index (χ2v) is 6.15. The van der Waals surface area contributed by atoms with E-state index in [0.29, 0.717) is 25.2 Å². The Kier molecular flexibility index (Phi) is 4.60. The standard InChI is InChI=1S/C16H24N2O3/c19-15(14-11-16(14)4-7-17-8-5-16)18-6-2-9-20-12-13-3-1-10-21-13/h1,3,10,14,17H,2,4-9,11-12H2,(H,18,19). The van der Waals surface area contributed by atoms with Gasteiger partial charge in [0.25, 0.3) is 0 Å². The van der Waals surface area contributed by atoms with Gasteiger partial charge in [0.1, 0.15) is 12.4 Å². The van der Waals surface area contributed by atoms with E-state index in [1.54, 1.807) is 6.26 Å². The monoisotopic (exact) mass is 292 g/mol. The van der Waals surface area contributed by atoms with Crippen LogP contribution in [0.5, 0.6) is 0 Å². The summed E-state index contributed by atoms with van der Waals surface area (Å²) in [5, 5.41) is 6.41. The van der Waals surface area contributed by atoms with Crippen LogP contribution in [0.2, 0.25) is 0 Å². The van der Waals surface area contributed by atoms with Crippen LogP contribution in [0.4, 0.5) is 0 Å². The van der Waals surface area contributed by atoms with E-state index in [1.165, 1.54) is 0 Å². The average molecular weight is 292 g/mol. The first-order valence-electron chi connectivity index (χ1n) is 7.89. The number of hydrogen-bond donors (Lipinski definition) is 2. The molecule has 5 nitrogen and oxygen atoms in total. The molecule has 0 radical (unpaired) electrons. The summed E-state index contributed by atoms with van der Waals surface area (Å²) in [6.45, 7) is 3.96. The van der Waals surface area contributed by atoms with E-state index >= 15 is 0 Å². The van der Waals surface area contributed by atoms with E-state index in [1.807, 2.05) is 12.1 Å². The van der Waals surface area contributed by atoms with Gasteiger partial charge in [0.2, 0.25) is 5.91 Å². The number of piperidine rings is 1. The van der Waals surface area contributed by atoms with Gasteiger partial charge in [0, 0.05) is 19.1 Å². The van der Waals surface area contributed by atoms with Gasteiger partial charge in [0.15, 0.2) is 0 Å². The molecule has 1 unspecified atom stereocenters. The van der Waals surface area contributed by atoms with Gasteiger partial charge in [-0.25, -0.2) is 0 Å². The number of carbonyl (C=O) groups is 1. The molecule has 5 heteroatoms. The summed E-state index contributed by atoms with van der Waals surface area (Å²) in [7, 11) is 0. The Morgan fingerprint density at radius 1 is 1.48 bits per heavy atom. The minimum absolute atomic E-state index is 0.239. The molecule has 116 valence electrons. The highest BCUT2D eigenvalue weighted by Gasteiger charge is 2.57. The van der Waals surface area contributed by atoms with Crippen molar-refractivity contribution in [3.05, 3.63) is 24.2 Å². The van der Waals surface area contributed by atoms with E-state index < -0.39 is 0 Å². The molecule has 1 amide bonds. The fourth-order valence-corrected chi connectivity index (χ4v) is 3.27. The van der Waals surface area contributed by atoms with Gasteiger partial charge in [-0.05, 0) is 56.3 Å². The Morgan fingerprint density at radius 3 is 3.10 bits per heavy atom. The zero-order valence-corrected chi connectivity index (χ0v) is 12.4. The molecule has 0 bridgehead atoms. The van der Waals surface area contributed by atoms with Crippen LogP contribution >= 0.6 is 0 Å². The predicted molar refractivity (Wildman–Crippen MR) is 78.6 cm³/mol. The zero-order valence-electron chi connectivity index (χ0n) is 12.4. The van der Waals surface area contributed by atoms with Crippen molar-refractivity contribution in [2.75, 3.05) is 26.2 Å². The van der Waals surface area contributed by atoms with Crippen molar-refractivity contribution in [3.63, 3.8) is 0 Å². The molecule has 0 aromatic carbocycles. The summed E-state index contributed by atoms with van der Waals surface area (Å²) < 4.78 is 10.7. The number of hydrogen-bond acceptors (Lipinski definition) is 4. The minimum atomic E-state index is 0.239. The van der Waals surface area contributed by atoms with Crippen LogP contribution in [-0.2, 0) is 16.1 Å². The highest BCUT2D eigenvalue weighted by atomic mass is 16.5. The summed E-state index contributed by atoms with van der Waals surface area (Å²) in [6, 6.07) is 3.75. The van der Waals surface area contributed by atoms with Crippen molar-refractivity contribution in [3.8, 4) is 0 Å². The third-order valence-electron chi connectivity index (χ3n) is 4.69. The Hall–Kier alpha value is -1.33. The van der Waals surface area contributed by atoms with Gasteiger partial charge < -0.3 is 19.8 Å². The first kappa shape index (κ1) is 14.6. The van der Waals surface area contributed by atoms with Crippen molar-refractivity contribution in [2.24, 2.45) is 11.3 Å². The van der Waals surface area contributed by atoms with E-state index in [4.69, 9.17) is 9.15 Å². The molecule has 2 heterocycles. The number of ether oxygens (including phenoxy) is 1. The van der Waals surface area contributed by atoms with Crippen LogP contribution in [0.1, 0.15) is 31.4 Å². The molecular formula is C16H24N2O3. The first-order valence-corrected chi connectivity index (χ1v) is 7.89. The molecule has 1 saturated carbocycles. The molecule has 3 rings (SSSR count). The highest BCUT2D eigenvalue weighted by Crippen LogP contribution is 2.58. The Bertz CT molecular complexity index is 452. The second-order valence-electron chi connectivity index (χ2n) is 6.15. The maximum atomic E-state index is 12.1. The van der Waals surface area contributed by atoms with Crippen LogP contribution in [0.25, 0.3) is 0 Å². The van der Waals surface area contributed by atoms with E-state index in [9.17, 15) is 4.79 Å². The van der Waals surface area contributed by atoms with Gasteiger partial charge in [0.05, 0.1) is 6.26 Å². The topological polar surface area (TPSA) is 63.5 Å². The molecular weight excluding hydrogens is 268 g/mol. The maximum Gasteiger partial charge on any atom is 0.223 e. The fourth-order valence-electron chi connectivity index (χ4n) is 3.27. The van der Waals surface area contributed by atoms with Crippen LogP contribution in [0.3, 0.4) is 0 Å². The van der Waals surface area contributed by atoms with Crippen molar-refractivity contribution in [1.29, 1.82) is 0 Å². The van der Waals surface area contributed by atoms with Gasteiger partial charge in [-0.1, -0.05) is 0 Å². The maximum absolute atomic E-state index is 12.1. The fraction of sp³-hybridized carbons (Fsp3) is 0.688. The normalized spacial score (nSPS) is 23.1. The lowest BCUT2D eigenvalue weighted by molar-refractivity contribution is -0.123. The molecule has 2 fully saturated rings. The van der Waals surface area contributed by atoms with Gasteiger partial charge in [-0.3, -0.25) is 4.79 Å². The molecule has 1 aromatic heterocycles. The van der Waals surface area contributed by atoms with E-state index in [-0.39, 0.29) is 11.8 Å². The average Bonchev–Trinajstić information content (AvgIpc) is 2.96. The number of nitrogens with one attached hydrogen (secondary N) is 2. The molecule has 1 spiro atoms. The van der Waals surface area contributed by atoms with Crippen LogP contribution in [-0.4, -0.2) is 32.1 Å². The Balaban J connectivity index is 1.25. The van der Waals surface area contributed by atoms with E-state index in [2.05, 4.69) is 10.6 Å². The van der Waals surface area contributed by atoms with Gasteiger partial charge >= 0.3 is 0 Å². The second kappa shape index (κ2) is 6.62. The summed E-state index contributed by atoms with van der Waals surface area (Å²) >= 11 is 0. The van der Waals surface area contributed by atoms with Gasteiger partial charge in [-0.2, -0.15) is 0 Å². The Morgan fingerprint density at radius 2 is 2.33 bits per heavy atom. The molecule has 2 N–H and O–H groups in total. The summed E-state index contributed by atoms with van der Waals surface area (Å²) in [4.78, 5) is 12.1. The molecule has 1 saturated heterocycles. The highest BCUT2D eigenvalue weighted by molar-refractivity contribution is 5.82. The van der Waals surface area contributed by atoms with Crippen molar-refractivity contribution in [1.82, 2.24) is 10.6 Å². The van der Waals surface area contributed by atoms with Crippen molar-refractivity contribution >= 4 is 5.91 Å². The summed E-state index contributed by atoms with van der Waals surface area (Å²) in [6.07, 6.45) is 5.86. The smallest absolute Gasteiger partial charge is 0.223 e. The van der Waals surface area contributed by atoms with E-state index in [0.717, 1.165) is 44.5 Å². The summed E-state index contributed by atoms with van der Waals surface area (Å²) in [5.41, 5.74) is 0.325. The van der Waals surface area contributed by atoms with Crippen molar-refractivity contribution < 1.29 is 13.9 Å². The molecule has 1 aliphatic heterocycles. The number of furan rings is 1. The largest absolute Gasteiger partial charge is 0.467 e. The molecule has 1 aromatic rings. The number of amides is 1.